The van der Waals surface area contributed by atoms with E-state index in [-0.39, 0.29) is 36.7 Å². The summed E-state index contributed by atoms with van der Waals surface area (Å²) in [7, 11) is -3.66. The van der Waals surface area contributed by atoms with E-state index in [9.17, 15) is 18.0 Å². The van der Waals surface area contributed by atoms with Crippen molar-refractivity contribution in [3.8, 4) is 0 Å². The van der Waals surface area contributed by atoms with Crippen molar-refractivity contribution in [1.29, 1.82) is 0 Å². The average Bonchev–Trinajstić information content (AvgIpc) is 2.42. The first-order valence-electron chi connectivity index (χ1n) is 7.05. The zero-order valence-corrected chi connectivity index (χ0v) is 13.3. The van der Waals surface area contributed by atoms with Gasteiger partial charge in [-0.2, -0.15) is 12.7 Å². The van der Waals surface area contributed by atoms with Gasteiger partial charge in [-0.1, -0.05) is 13.8 Å². The number of amides is 2. The standard InChI is InChI=1S/C12H24N4O4S/c1-9(2)11(17)14-5-6-15-12(18)10-3-7-16(8-4-10)21(13,19)20/h9-10H,3-8H2,1-2H3,(H,14,17)(H,15,18)(H2,13,19,20). The van der Waals surface area contributed by atoms with Crippen LogP contribution in [-0.2, 0) is 19.8 Å². The fourth-order valence-corrected chi connectivity index (χ4v) is 2.81. The SMILES string of the molecule is CC(C)C(=O)NCCNC(=O)C1CCN(S(N)(=O)=O)CC1. The minimum absolute atomic E-state index is 0.0503. The molecule has 122 valence electrons. The van der Waals surface area contributed by atoms with Crippen molar-refractivity contribution in [2.45, 2.75) is 26.7 Å². The van der Waals surface area contributed by atoms with Gasteiger partial charge < -0.3 is 10.6 Å². The number of carbonyl (C=O) groups excluding carboxylic acids is 2. The van der Waals surface area contributed by atoms with E-state index in [1.807, 2.05) is 0 Å². The second-order valence-corrected chi connectivity index (χ2v) is 7.00. The van der Waals surface area contributed by atoms with Crippen LogP contribution in [0.15, 0.2) is 0 Å². The van der Waals surface area contributed by atoms with Crippen LogP contribution in [0.4, 0.5) is 0 Å². The summed E-state index contributed by atoms with van der Waals surface area (Å²) < 4.78 is 23.5. The van der Waals surface area contributed by atoms with Crippen LogP contribution < -0.4 is 15.8 Å². The normalized spacial score (nSPS) is 17.7. The Morgan fingerprint density at radius 3 is 2.19 bits per heavy atom. The van der Waals surface area contributed by atoms with Gasteiger partial charge in [-0.05, 0) is 12.8 Å². The van der Waals surface area contributed by atoms with Crippen LogP contribution in [0, 0.1) is 11.8 Å². The van der Waals surface area contributed by atoms with Gasteiger partial charge in [-0.3, -0.25) is 9.59 Å². The van der Waals surface area contributed by atoms with E-state index in [0.717, 1.165) is 0 Å². The molecule has 1 aliphatic heterocycles. The summed E-state index contributed by atoms with van der Waals surface area (Å²) in [6, 6.07) is 0. The zero-order chi connectivity index (χ0) is 16.0. The van der Waals surface area contributed by atoms with Crippen molar-refractivity contribution in [3.05, 3.63) is 0 Å². The van der Waals surface area contributed by atoms with Gasteiger partial charge in [-0.25, -0.2) is 5.14 Å². The van der Waals surface area contributed by atoms with Crippen LogP contribution >= 0.6 is 0 Å². The predicted octanol–water partition coefficient (Wildman–Crippen LogP) is -1.21. The Hall–Kier alpha value is -1.19. The van der Waals surface area contributed by atoms with Crippen molar-refractivity contribution in [2.75, 3.05) is 26.2 Å². The molecule has 0 atom stereocenters. The van der Waals surface area contributed by atoms with Gasteiger partial charge in [0.2, 0.25) is 11.8 Å². The lowest BCUT2D eigenvalue weighted by molar-refractivity contribution is -0.127. The van der Waals surface area contributed by atoms with Gasteiger partial charge in [0.1, 0.15) is 0 Å². The molecule has 0 aliphatic carbocycles. The Morgan fingerprint density at radius 1 is 1.19 bits per heavy atom. The van der Waals surface area contributed by atoms with Crippen LogP contribution in [0.5, 0.6) is 0 Å². The van der Waals surface area contributed by atoms with Crippen LogP contribution in [0.3, 0.4) is 0 Å². The van der Waals surface area contributed by atoms with E-state index < -0.39 is 10.2 Å². The van der Waals surface area contributed by atoms with Gasteiger partial charge in [0.05, 0.1) is 0 Å². The highest BCUT2D eigenvalue weighted by molar-refractivity contribution is 7.86. The second-order valence-electron chi connectivity index (χ2n) is 5.46. The number of hydrogen-bond donors (Lipinski definition) is 3. The summed E-state index contributed by atoms with van der Waals surface area (Å²) in [4.78, 5) is 23.2. The fraction of sp³-hybridized carbons (Fsp3) is 0.833. The van der Waals surface area contributed by atoms with Crippen LogP contribution in [-0.4, -0.2) is 50.7 Å². The monoisotopic (exact) mass is 320 g/mol. The maximum absolute atomic E-state index is 11.9. The third-order valence-electron chi connectivity index (χ3n) is 3.43. The third kappa shape index (κ3) is 5.98. The zero-order valence-electron chi connectivity index (χ0n) is 12.5. The number of piperidine rings is 1. The van der Waals surface area contributed by atoms with Gasteiger partial charge in [0.25, 0.3) is 10.2 Å². The first-order valence-corrected chi connectivity index (χ1v) is 8.55. The number of carbonyl (C=O) groups is 2. The molecule has 0 unspecified atom stereocenters. The van der Waals surface area contributed by atoms with E-state index in [0.29, 0.717) is 25.9 Å². The smallest absolute Gasteiger partial charge is 0.276 e. The van der Waals surface area contributed by atoms with E-state index in [2.05, 4.69) is 10.6 Å². The first-order chi connectivity index (χ1) is 9.71. The lowest BCUT2D eigenvalue weighted by atomic mass is 9.97. The molecule has 8 nitrogen and oxygen atoms in total. The molecule has 0 aromatic rings. The summed E-state index contributed by atoms with van der Waals surface area (Å²) in [5.74, 6) is -0.444. The summed E-state index contributed by atoms with van der Waals surface area (Å²) in [5, 5.41) is 10.5. The third-order valence-corrected chi connectivity index (χ3v) is 4.52. The number of nitrogens with two attached hydrogens (primary N) is 1. The molecule has 1 fully saturated rings. The van der Waals surface area contributed by atoms with E-state index in [1.54, 1.807) is 13.8 Å². The van der Waals surface area contributed by atoms with Crippen LogP contribution in [0.1, 0.15) is 26.7 Å². The second kappa shape index (κ2) is 7.71. The molecule has 0 saturated carbocycles. The molecule has 1 rings (SSSR count). The molecule has 1 heterocycles. The summed E-state index contributed by atoms with van der Waals surface area (Å²) in [5.41, 5.74) is 0. The molecule has 0 aromatic carbocycles. The van der Waals surface area contributed by atoms with E-state index in [1.165, 1.54) is 4.31 Å². The molecule has 1 saturated heterocycles. The van der Waals surface area contributed by atoms with E-state index in [4.69, 9.17) is 5.14 Å². The molecule has 9 heteroatoms. The molecular weight excluding hydrogens is 296 g/mol. The van der Waals surface area contributed by atoms with Crippen molar-refractivity contribution in [1.82, 2.24) is 14.9 Å². The Morgan fingerprint density at radius 2 is 1.71 bits per heavy atom. The molecule has 0 radical (unpaired) electrons. The highest BCUT2D eigenvalue weighted by atomic mass is 32.2. The topological polar surface area (TPSA) is 122 Å². The first kappa shape index (κ1) is 17.9. The minimum Gasteiger partial charge on any atom is -0.354 e. The summed E-state index contributed by atoms with van der Waals surface area (Å²) >= 11 is 0. The lowest BCUT2D eigenvalue weighted by Gasteiger charge is -2.29. The highest BCUT2D eigenvalue weighted by Gasteiger charge is 2.28. The van der Waals surface area contributed by atoms with Crippen LogP contribution in [0.25, 0.3) is 0 Å². The number of nitrogens with zero attached hydrogens (tertiary/aromatic N) is 1. The number of hydrogen-bond acceptors (Lipinski definition) is 4. The Kier molecular flexibility index (Phi) is 6.56. The molecule has 21 heavy (non-hydrogen) atoms. The Balaban J connectivity index is 2.24. The quantitative estimate of drug-likeness (QED) is 0.532. The average molecular weight is 320 g/mol. The van der Waals surface area contributed by atoms with Gasteiger partial charge >= 0.3 is 0 Å². The summed E-state index contributed by atoms with van der Waals surface area (Å²) in [6.45, 7) is 4.88. The Labute approximate surface area is 125 Å². The molecular formula is C12H24N4O4S. The van der Waals surface area contributed by atoms with Gasteiger partial charge in [0, 0.05) is 38.0 Å². The largest absolute Gasteiger partial charge is 0.354 e. The van der Waals surface area contributed by atoms with Crippen molar-refractivity contribution < 1.29 is 18.0 Å². The maximum atomic E-state index is 11.9. The number of rotatable bonds is 6. The van der Waals surface area contributed by atoms with Gasteiger partial charge in [-0.15, -0.1) is 0 Å². The van der Waals surface area contributed by atoms with Crippen LogP contribution in [0.2, 0.25) is 0 Å². The minimum atomic E-state index is -3.66. The predicted molar refractivity (Wildman–Crippen MR) is 78.3 cm³/mol. The van der Waals surface area contributed by atoms with Gasteiger partial charge in [0.15, 0.2) is 0 Å². The molecule has 0 aromatic heterocycles. The molecule has 0 bridgehead atoms. The molecule has 1 aliphatic rings. The molecule has 0 spiro atoms. The molecule has 4 N–H and O–H groups in total. The number of nitrogens with one attached hydrogen (secondary N) is 2. The molecule has 2 amide bonds. The van der Waals surface area contributed by atoms with E-state index >= 15 is 0 Å². The maximum Gasteiger partial charge on any atom is 0.276 e. The lowest BCUT2D eigenvalue weighted by Crippen LogP contribution is -2.46. The summed E-state index contributed by atoms with van der Waals surface area (Å²) in [6.07, 6.45) is 0.918. The Bertz CT molecular complexity index is 470. The van der Waals surface area contributed by atoms with Crippen molar-refractivity contribution in [2.24, 2.45) is 17.0 Å². The highest BCUT2D eigenvalue weighted by Crippen LogP contribution is 2.18. The van der Waals surface area contributed by atoms with Crippen molar-refractivity contribution >= 4 is 22.0 Å². The van der Waals surface area contributed by atoms with Crippen molar-refractivity contribution in [3.63, 3.8) is 0 Å². The fourth-order valence-electron chi connectivity index (χ4n) is 2.09.